The van der Waals surface area contributed by atoms with Crippen molar-refractivity contribution in [3.63, 3.8) is 0 Å². The van der Waals surface area contributed by atoms with Gasteiger partial charge in [0.05, 0.1) is 30.5 Å². The highest BCUT2D eigenvalue weighted by atomic mass is 16.5. The number of carboxylic acids is 1. The summed E-state index contributed by atoms with van der Waals surface area (Å²) in [6.45, 7) is 5.87. The van der Waals surface area contributed by atoms with Crippen molar-refractivity contribution in [1.29, 1.82) is 0 Å². The minimum absolute atomic E-state index is 0.0803. The predicted molar refractivity (Wildman–Crippen MR) is 92.9 cm³/mol. The summed E-state index contributed by atoms with van der Waals surface area (Å²) in [4.78, 5) is 11.3. The minimum Gasteiger partial charge on any atom is -0.550 e. The van der Waals surface area contributed by atoms with Gasteiger partial charge in [-0.15, -0.1) is 0 Å². The molecule has 3 fully saturated rings. The van der Waals surface area contributed by atoms with Crippen molar-refractivity contribution in [1.82, 2.24) is 0 Å². The maximum atomic E-state index is 11.3. The second-order valence-corrected chi connectivity index (χ2v) is 9.55. The van der Waals surface area contributed by atoms with E-state index in [0.717, 1.165) is 19.3 Å². The summed E-state index contributed by atoms with van der Waals surface area (Å²) in [5.74, 6) is -0.907. The Balaban J connectivity index is 2.02. The molecule has 3 aliphatic rings. The zero-order chi connectivity index (χ0) is 19.4. The molecule has 1 aliphatic heterocycles. The molecule has 6 heteroatoms. The number of hydrogen-bond acceptors (Lipinski definition) is 6. The van der Waals surface area contributed by atoms with Crippen LogP contribution in [0, 0.1) is 22.7 Å². The number of ether oxygens (including phenoxy) is 1. The average molecular weight is 369 g/mol. The highest BCUT2D eigenvalue weighted by Crippen LogP contribution is 2.67. The van der Waals surface area contributed by atoms with E-state index >= 15 is 0 Å². The Morgan fingerprint density at radius 3 is 2.38 bits per heavy atom. The van der Waals surface area contributed by atoms with E-state index in [-0.39, 0.29) is 36.9 Å². The van der Waals surface area contributed by atoms with Crippen molar-refractivity contribution in [2.45, 2.75) is 83.0 Å². The van der Waals surface area contributed by atoms with Gasteiger partial charge < -0.3 is 30.0 Å². The van der Waals surface area contributed by atoms with Crippen molar-refractivity contribution in [3.8, 4) is 0 Å². The lowest BCUT2D eigenvalue weighted by Gasteiger charge is -2.65. The Morgan fingerprint density at radius 2 is 1.81 bits per heavy atom. The van der Waals surface area contributed by atoms with E-state index in [4.69, 9.17) is 4.74 Å². The van der Waals surface area contributed by atoms with E-state index in [2.05, 4.69) is 13.8 Å². The standard InChI is InChI=1S/C20H34O6/c1-13-4-5-14-17(2,11-21)15(23)6-7-18(14,3)20(13)9-8-19(12-22,26-20)10-16(24)25/h13-15,21-23H,4-12H2,1-3H3,(H,24,25)/p-1/t13-,14-,15+,17+,18-,19+,20-/m0/s1. The van der Waals surface area contributed by atoms with Crippen molar-refractivity contribution in [2.24, 2.45) is 22.7 Å². The van der Waals surface area contributed by atoms with Gasteiger partial charge in [-0.25, -0.2) is 0 Å². The lowest BCUT2D eigenvalue weighted by atomic mass is 9.43. The largest absolute Gasteiger partial charge is 0.550 e. The zero-order valence-electron chi connectivity index (χ0n) is 16.2. The first-order valence-corrected chi connectivity index (χ1v) is 9.89. The van der Waals surface area contributed by atoms with Crippen LogP contribution in [-0.4, -0.2) is 51.8 Å². The van der Waals surface area contributed by atoms with Gasteiger partial charge in [-0.1, -0.05) is 20.8 Å². The number of hydrogen-bond donors (Lipinski definition) is 3. The van der Waals surface area contributed by atoms with Crippen LogP contribution < -0.4 is 5.11 Å². The van der Waals surface area contributed by atoms with Crippen molar-refractivity contribution < 1.29 is 30.0 Å². The Morgan fingerprint density at radius 1 is 1.12 bits per heavy atom. The van der Waals surface area contributed by atoms with Crippen LogP contribution in [0.3, 0.4) is 0 Å². The lowest BCUT2D eigenvalue weighted by molar-refractivity contribution is -0.315. The molecular weight excluding hydrogens is 336 g/mol. The second-order valence-electron chi connectivity index (χ2n) is 9.55. The van der Waals surface area contributed by atoms with Gasteiger partial charge in [0.25, 0.3) is 0 Å². The molecule has 0 amide bonds. The zero-order valence-corrected chi connectivity index (χ0v) is 16.2. The molecule has 7 atom stereocenters. The fourth-order valence-corrected chi connectivity index (χ4v) is 6.69. The smallest absolute Gasteiger partial charge is 0.0972 e. The van der Waals surface area contributed by atoms with Gasteiger partial charge >= 0.3 is 0 Å². The fourth-order valence-electron chi connectivity index (χ4n) is 6.69. The molecule has 3 N–H and O–H groups in total. The average Bonchev–Trinajstić information content (AvgIpc) is 2.98. The first-order valence-electron chi connectivity index (χ1n) is 9.89. The first kappa shape index (κ1) is 20.1. The molecular formula is C20H33O6-. The van der Waals surface area contributed by atoms with Crippen LogP contribution in [0.25, 0.3) is 0 Å². The normalized spacial score (nSPS) is 51.4. The third kappa shape index (κ3) is 2.56. The molecule has 2 saturated carbocycles. The molecule has 1 spiro atoms. The van der Waals surface area contributed by atoms with E-state index in [0.29, 0.717) is 19.3 Å². The SMILES string of the molecule is C[C@H]1CC[C@H]2[C@@](C)(CO)[C@H](O)CC[C@]2(C)[C@]12CC[C@](CO)(CC(=O)[O-])O2. The highest BCUT2D eigenvalue weighted by molar-refractivity contribution is 5.66. The predicted octanol–water partition coefficient (Wildman–Crippen LogP) is 0.612. The van der Waals surface area contributed by atoms with E-state index in [1.165, 1.54) is 0 Å². The summed E-state index contributed by atoms with van der Waals surface area (Å²) in [6.07, 6.45) is 3.48. The molecule has 0 aromatic carbocycles. The topological polar surface area (TPSA) is 110 Å². The van der Waals surface area contributed by atoms with Gasteiger partial charge in [-0.2, -0.15) is 0 Å². The maximum Gasteiger partial charge on any atom is 0.0972 e. The summed E-state index contributed by atoms with van der Waals surface area (Å²) in [5.41, 5.74) is -2.53. The van der Waals surface area contributed by atoms with Crippen LogP contribution in [0.2, 0.25) is 0 Å². The molecule has 26 heavy (non-hydrogen) atoms. The molecule has 3 rings (SSSR count). The Bertz CT molecular complexity index is 567. The van der Waals surface area contributed by atoms with E-state index in [1.807, 2.05) is 6.92 Å². The van der Waals surface area contributed by atoms with Gasteiger partial charge in [0.2, 0.25) is 0 Å². The number of aliphatic hydroxyl groups excluding tert-OH is 3. The summed E-state index contributed by atoms with van der Waals surface area (Å²) in [6, 6.07) is 0. The number of fused-ring (bicyclic) bond motifs is 2. The molecule has 1 heterocycles. The maximum absolute atomic E-state index is 11.3. The lowest BCUT2D eigenvalue weighted by Crippen LogP contribution is -2.66. The van der Waals surface area contributed by atoms with Gasteiger partial charge in [0.15, 0.2) is 0 Å². The van der Waals surface area contributed by atoms with Gasteiger partial charge in [-0.3, -0.25) is 0 Å². The third-order valence-corrected chi connectivity index (χ3v) is 8.36. The van der Waals surface area contributed by atoms with Crippen LogP contribution in [-0.2, 0) is 9.53 Å². The second kappa shape index (κ2) is 6.43. The minimum atomic E-state index is -1.21. The summed E-state index contributed by atoms with van der Waals surface area (Å²) < 4.78 is 6.56. The van der Waals surface area contributed by atoms with Crippen molar-refractivity contribution in [2.75, 3.05) is 13.2 Å². The van der Waals surface area contributed by atoms with Crippen molar-refractivity contribution >= 4 is 5.97 Å². The number of carbonyl (C=O) groups excluding carboxylic acids is 1. The molecule has 0 unspecified atom stereocenters. The number of carboxylic acid groups (broad SMARTS) is 1. The Kier molecular flexibility index (Phi) is 4.96. The Hall–Kier alpha value is -0.690. The monoisotopic (exact) mass is 369 g/mol. The molecule has 0 aromatic heterocycles. The van der Waals surface area contributed by atoms with Gasteiger partial charge in [0, 0.05) is 23.2 Å². The van der Waals surface area contributed by atoms with Crippen LogP contribution in [0.15, 0.2) is 0 Å². The van der Waals surface area contributed by atoms with E-state index in [9.17, 15) is 25.2 Å². The molecule has 150 valence electrons. The molecule has 1 saturated heterocycles. The number of carbonyl (C=O) groups is 1. The van der Waals surface area contributed by atoms with Gasteiger partial charge in [0.1, 0.15) is 0 Å². The summed E-state index contributed by atoms with van der Waals surface area (Å²) in [7, 11) is 0. The van der Waals surface area contributed by atoms with Crippen LogP contribution >= 0.6 is 0 Å². The Labute approximate surface area is 155 Å². The van der Waals surface area contributed by atoms with E-state index in [1.54, 1.807) is 0 Å². The van der Waals surface area contributed by atoms with Crippen molar-refractivity contribution in [3.05, 3.63) is 0 Å². The number of aliphatic hydroxyl groups is 3. The molecule has 6 nitrogen and oxygen atoms in total. The first-order chi connectivity index (χ1) is 12.1. The number of aliphatic carboxylic acids is 1. The van der Waals surface area contributed by atoms with Crippen LogP contribution in [0.5, 0.6) is 0 Å². The van der Waals surface area contributed by atoms with Crippen LogP contribution in [0.1, 0.15) is 65.7 Å². The highest BCUT2D eigenvalue weighted by Gasteiger charge is 2.68. The summed E-state index contributed by atoms with van der Waals surface area (Å²) >= 11 is 0. The quantitative estimate of drug-likeness (QED) is 0.670. The molecule has 0 aromatic rings. The molecule has 0 radical (unpaired) electrons. The molecule has 0 bridgehead atoms. The van der Waals surface area contributed by atoms with E-state index < -0.39 is 28.7 Å². The number of rotatable bonds is 4. The van der Waals surface area contributed by atoms with Gasteiger partial charge in [-0.05, 0) is 50.4 Å². The molecule has 2 aliphatic carbocycles. The van der Waals surface area contributed by atoms with Crippen LogP contribution in [0.4, 0.5) is 0 Å². The third-order valence-electron chi connectivity index (χ3n) is 8.36. The fraction of sp³-hybridized carbons (Fsp3) is 0.950. The summed E-state index contributed by atoms with van der Waals surface area (Å²) in [5, 5.41) is 41.9.